The van der Waals surface area contributed by atoms with Crippen LogP contribution < -0.4 is 16.0 Å². The van der Waals surface area contributed by atoms with E-state index in [4.69, 9.17) is 4.74 Å². The predicted molar refractivity (Wildman–Crippen MR) is 117 cm³/mol. The number of morpholine rings is 1. The average Bonchev–Trinajstić information content (AvgIpc) is 2.74. The van der Waals surface area contributed by atoms with Gasteiger partial charge in [-0.2, -0.15) is 0 Å². The minimum absolute atomic E-state index is 0.0393. The average molecular weight is 445 g/mol. The zero-order chi connectivity index (χ0) is 22.0. The highest BCUT2D eigenvalue weighted by Gasteiger charge is 2.25. The van der Waals surface area contributed by atoms with Crippen LogP contribution >= 0.6 is 0 Å². The van der Waals surface area contributed by atoms with Gasteiger partial charge in [0.2, 0.25) is 10.0 Å². The van der Waals surface area contributed by atoms with Gasteiger partial charge in [0.25, 0.3) is 5.56 Å². The second kappa shape index (κ2) is 8.75. The molecule has 4 rings (SSSR count). The number of nitrogens with one attached hydrogen (secondary N) is 3. The third-order valence-corrected chi connectivity index (χ3v) is 6.82. The molecule has 2 heterocycles. The minimum atomic E-state index is -3.88. The first-order chi connectivity index (χ1) is 14.8. The Morgan fingerprint density at radius 3 is 2.61 bits per heavy atom. The molecule has 9 nitrogen and oxygen atoms in total. The molecule has 0 bridgehead atoms. The van der Waals surface area contributed by atoms with E-state index in [0.717, 1.165) is 11.1 Å². The molecule has 1 atom stereocenters. The van der Waals surface area contributed by atoms with Crippen LogP contribution in [0.25, 0.3) is 10.9 Å². The topological polar surface area (TPSA) is 124 Å². The first-order valence-electron chi connectivity index (χ1n) is 9.98. The van der Waals surface area contributed by atoms with E-state index in [1.54, 1.807) is 0 Å². The fourth-order valence-corrected chi connectivity index (χ4v) is 4.87. The first kappa shape index (κ1) is 21.4. The van der Waals surface area contributed by atoms with E-state index in [0.29, 0.717) is 26.3 Å². The third-order valence-electron chi connectivity index (χ3n) is 5.40. The lowest BCUT2D eigenvalue weighted by Crippen LogP contribution is -2.43. The zero-order valence-electron chi connectivity index (χ0n) is 17.1. The van der Waals surface area contributed by atoms with Gasteiger partial charge in [0.15, 0.2) is 0 Å². The van der Waals surface area contributed by atoms with Crippen molar-refractivity contribution in [1.29, 1.82) is 0 Å². The molecule has 164 valence electrons. The molecular weight excluding hydrogens is 420 g/mol. The third kappa shape index (κ3) is 4.77. The SMILES string of the molecule is Cc1cccc(C(CNS(=O)(=O)c2ccc3[nH]c(=O)[nH]c(=O)c3c2)N2CCOCC2)c1. The lowest BCUT2D eigenvalue weighted by atomic mass is 10.0. The van der Waals surface area contributed by atoms with Crippen molar-refractivity contribution >= 4 is 20.9 Å². The smallest absolute Gasteiger partial charge is 0.326 e. The Balaban J connectivity index is 1.62. The highest BCUT2D eigenvalue weighted by atomic mass is 32.2. The number of sulfonamides is 1. The van der Waals surface area contributed by atoms with E-state index in [1.807, 2.05) is 25.1 Å². The van der Waals surface area contributed by atoms with E-state index >= 15 is 0 Å². The zero-order valence-corrected chi connectivity index (χ0v) is 17.9. The number of nitrogens with zero attached hydrogens (tertiary/aromatic N) is 1. The Morgan fingerprint density at radius 1 is 1.10 bits per heavy atom. The van der Waals surface area contributed by atoms with Crippen molar-refractivity contribution in [1.82, 2.24) is 19.6 Å². The number of aryl methyl sites for hydroxylation is 1. The molecule has 1 aromatic heterocycles. The molecule has 3 N–H and O–H groups in total. The number of H-pyrrole nitrogens is 2. The number of benzene rings is 2. The maximum Gasteiger partial charge on any atom is 0.326 e. The Kier molecular flexibility index (Phi) is 6.05. The van der Waals surface area contributed by atoms with Crippen LogP contribution in [0.1, 0.15) is 17.2 Å². The van der Waals surface area contributed by atoms with E-state index < -0.39 is 21.3 Å². The highest BCUT2D eigenvalue weighted by Crippen LogP contribution is 2.23. The van der Waals surface area contributed by atoms with Gasteiger partial charge >= 0.3 is 5.69 Å². The summed E-state index contributed by atoms with van der Waals surface area (Å²) in [4.78, 5) is 30.2. The second-order valence-electron chi connectivity index (χ2n) is 7.55. The molecule has 1 aliphatic rings. The van der Waals surface area contributed by atoms with Gasteiger partial charge in [-0.15, -0.1) is 0 Å². The number of hydrogen-bond acceptors (Lipinski definition) is 6. The molecule has 1 saturated heterocycles. The fourth-order valence-electron chi connectivity index (χ4n) is 3.81. The molecular formula is C21H24N4O5S. The van der Waals surface area contributed by atoms with Crippen LogP contribution in [0.4, 0.5) is 0 Å². The van der Waals surface area contributed by atoms with Crippen molar-refractivity contribution < 1.29 is 13.2 Å². The van der Waals surface area contributed by atoms with Crippen LogP contribution in [0, 0.1) is 6.92 Å². The van der Waals surface area contributed by atoms with E-state index in [1.165, 1.54) is 18.2 Å². The van der Waals surface area contributed by atoms with Gasteiger partial charge < -0.3 is 9.72 Å². The van der Waals surface area contributed by atoms with E-state index in [-0.39, 0.29) is 28.4 Å². The van der Waals surface area contributed by atoms with Gasteiger partial charge in [-0.3, -0.25) is 14.7 Å². The fraction of sp³-hybridized carbons (Fsp3) is 0.333. The highest BCUT2D eigenvalue weighted by molar-refractivity contribution is 7.89. The number of fused-ring (bicyclic) bond motifs is 1. The first-order valence-corrected chi connectivity index (χ1v) is 11.5. The summed E-state index contributed by atoms with van der Waals surface area (Å²) >= 11 is 0. The van der Waals surface area contributed by atoms with Crippen molar-refractivity contribution in [3.63, 3.8) is 0 Å². The number of rotatable bonds is 6. The van der Waals surface area contributed by atoms with Crippen molar-refractivity contribution in [2.45, 2.75) is 17.9 Å². The quantitative estimate of drug-likeness (QED) is 0.518. The molecule has 10 heteroatoms. The summed E-state index contributed by atoms with van der Waals surface area (Å²) in [6.07, 6.45) is 0. The van der Waals surface area contributed by atoms with Gasteiger partial charge in [0.1, 0.15) is 0 Å². The number of aromatic nitrogens is 2. The Morgan fingerprint density at radius 2 is 1.87 bits per heavy atom. The summed E-state index contributed by atoms with van der Waals surface area (Å²) in [7, 11) is -3.88. The van der Waals surface area contributed by atoms with Crippen LogP contribution in [0.2, 0.25) is 0 Å². The van der Waals surface area contributed by atoms with Crippen LogP contribution in [-0.4, -0.2) is 56.1 Å². The lowest BCUT2D eigenvalue weighted by molar-refractivity contribution is 0.0172. The van der Waals surface area contributed by atoms with Crippen LogP contribution in [0.5, 0.6) is 0 Å². The molecule has 3 aromatic rings. The van der Waals surface area contributed by atoms with Gasteiger partial charge in [0.05, 0.1) is 29.0 Å². The van der Waals surface area contributed by atoms with Crippen molar-refractivity contribution in [2.24, 2.45) is 0 Å². The van der Waals surface area contributed by atoms with Gasteiger partial charge in [-0.05, 0) is 30.7 Å². The van der Waals surface area contributed by atoms with E-state index in [9.17, 15) is 18.0 Å². The number of ether oxygens (including phenoxy) is 1. The summed E-state index contributed by atoms with van der Waals surface area (Å²) in [5.74, 6) is 0. The molecule has 1 aliphatic heterocycles. The van der Waals surface area contributed by atoms with Crippen molar-refractivity contribution in [3.05, 3.63) is 74.4 Å². The van der Waals surface area contributed by atoms with E-state index in [2.05, 4.69) is 25.7 Å². The molecule has 0 radical (unpaired) electrons. The molecule has 0 saturated carbocycles. The Labute approximate surface area is 179 Å². The monoisotopic (exact) mass is 444 g/mol. The van der Waals surface area contributed by atoms with Crippen molar-refractivity contribution in [3.8, 4) is 0 Å². The van der Waals surface area contributed by atoms with Crippen LogP contribution in [0.3, 0.4) is 0 Å². The molecule has 31 heavy (non-hydrogen) atoms. The number of hydrogen-bond donors (Lipinski definition) is 3. The molecule has 0 spiro atoms. The van der Waals surface area contributed by atoms with Gasteiger partial charge in [0, 0.05) is 25.7 Å². The summed E-state index contributed by atoms with van der Waals surface area (Å²) < 4.78 is 34.1. The Hall–Kier alpha value is -2.79. The maximum absolute atomic E-state index is 13.0. The Bertz CT molecular complexity index is 1310. The normalized spacial score (nSPS) is 16.4. The minimum Gasteiger partial charge on any atom is -0.379 e. The van der Waals surface area contributed by atoms with Crippen LogP contribution in [-0.2, 0) is 14.8 Å². The largest absolute Gasteiger partial charge is 0.379 e. The lowest BCUT2D eigenvalue weighted by Gasteiger charge is -2.35. The molecule has 0 amide bonds. The summed E-state index contributed by atoms with van der Waals surface area (Å²) in [6, 6.07) is 11.9. The van der Waals surface area contributed by atoms with Crippen molar-refractivity contribution in [2.75, 3.05) is 32.8 Å². The molecule has 1 fully saturated rings. The summed E-state index contributed by atoms with van der Waals surface area (Å²) in [6.45, 7) is 4.78. The maximum atomic E-state index is 13.0. The second-order valence-corrected chi connectivity index (χ2v) is 9.31. The van der Waals surface area contributed by atoms with Gasteiger partial charge in [-0.1, -0.05) is 29.8 Å². The van der Waals surface area contributed by atoms with Gasteiger partial charge in [-0.25, -0.2) is 17.9 Å². The van der Waals surface area contributed by atoms with Crippen LogP contribution in [0.15, 0.2) is 56.9 Å². The predicted octanol–water partition coefficient (Wildman–Crippen LogP) is 0.877. The summed E-state index contributed by atoms with van der Waals surface area (Å²) in [5.41, 5.74) is 1.12. The summed E-state index contributed by atoms with van der Waals surface area (Å²) in [5, 5.41) is 0.103. The number of aromatic amines is 2. The standard InChI is InChI=1S/C21H24N4O5S/c1-14-3-2-4-15(11-14)19(25-7-9-30-10-8-25)13-22-31(28,29)16-5-6-18-17(12-16)20(26)24-21(27)23-18/h2-6,11-12,19,22H,7-10,13H2,1H3,(H2,23,24,26,27). The molecule has 0 aliphatic carbocycles. The molecule has 2 aromatic carbocycles. The molecule has 1 unspecified atom stereocenters.